The van der Waals surface area contributed by atoms with E-state index in [4.69, 9.17) is 5.11 Å². The summed E-state index contributed by atoms with van der Waals surface area (Å²) in [4.78, 5) is 11.6. The molecule has 0 aliphatic rings. The fourth-order valence-electron chi connectivity index (χ4n) is 1.73. The molecule has 0 rings (SSSR count). The Bertz CT molecular complexity index is 281. The first-order valence-corrected chi connectivity index (χ1v) is 6.19. The van der Waals surface area contributed by atoms with Gasteiger partial charge in [-0.05, 0) is 19.3 Å². The van der Waals surface area contributed by atoms with Gasteiger partial charge in [-0.25, -0.2) is 4.39 Å². The van der Waals surface area contributed by atoms with E-state index in [-0.39, 0.29) is 19.4 Å². The summed E-state index contributed by atoms with van der Waals surface area (Å²) in [5.41, 5.74) is -3.78. The minimum absolute atomic E-state index is 0.0740. The van der Waals surface area contributed by atoms with Crippen LogP contribution in [0.5, 0.6) is 0 Å². The predicted molar refractivity (Wildman–Crippen MR) is 61.2 cm³/mol. The van der Waals surface area contributed by atoms with E-state index in [1.54, 1.807) is 0 Å². The van der Waals surface area contributed by atoms with Gasteiger partial charge in [-0.2, -0.15) is 13.2 Å². The van der Waals surface area contributed by atoms with Crippen molar-refractivity contribution in [3.8, 4) is 0 Å². The van der Waals surface area contributed by atoms with Gasteiger partial charge < -0.3 is 9.84 Å². The molecule has 0 bridgehead atoms. The number of aliphatic hydroxyl groups is 1. The van der Waals surface area contributed by atoms with Crippen molar-refractivity contribution in [2.75, 3.05) is 13.4 Å². The molecule has 1 N–H and O–H groups in total. The highest BCUT2D eigenvalue weighted by molar-refractivity contribution is 5.88. The Morgan fingerprint density at radius 2 is 1.84 bits per heavy atom. The smallest absolute Gasteiger partial charge is 0.371 e. The minimum atomic E-state index is -5.19. The van der Waals surface area contributed by atoms with Crippen molar-refractivity contribution in [1.82, 2.24) is 0 Å². The molecular weight excluding hydrogens is 268 g/mol. The first kappa shape index (κ1) is 18.3. The molecule has 0 aromatic carbocycles. The SMILES string of the molecule is CCC(C)C(F)(C(=O)CCCCOCO)C(F)(F)F. The highest BCUT2D eigenvalue weighted by Crippen LogP contribution is 2.42. The van der Waals surface area contributed by atoms with Crippen LogP contribution in [-0.4, -0.2) is 36.1 Å². The van der Waals surface area contributed by atoms with Crippen molar-refractivity contribution in [2.45, 2.75) is 51.4 Å². The van der Waals surface area contributed by atoms with E-state index in [0.717, 1.165) is 6.92 Å². The Kier molecular flexibility index (Phi) is 7.51. The van der Waals surface area contributed by atoms with Gasteiger partial charge in [-0.15, -0.1) is 0 Å². The van der Waals surface area contributed by atoms with Gasteiger partial charge in [0, 0.05) is 18.9 Å². The van der Waals surface area contributed by atoms with Crippen LogP contribution in [0.1, 0.15) is 39.5 Å². The largest absolute Gasteiger partial charge is 0.429 e. The van der Waals surface area contributed by atoms with Crippen LogP contribution < -0.4 is 0 Å². The summed E-state index contributed by atoms with van der Waals surface area (Å²) in [5, 5.41) is 8.32. The van der Waals surface area contributed by atoms with E-state index < -0.39 is 36.8 Å². The van der Waals surface area contributed by atoms with Gasteiger partial charge in [0.05, 0.1) is 0 Å². The lowest BCUT2D eigenvalue weighted by atomic mass is 9.82. The molecular formula is C12H20F4O3. The van der Waals surface area contributed by atoms with E-state index >= 15 is 0 Å². The number of ether oxygens (including phenoxy) is 1. The Morgan fingerprint density at radius 1 is 1.26 bits per heavy atom. The predicted octanol–water partition coefficient (Wildman–Crippen LogP) is 3.01. The summed E-state index contributed by atoms with van der Waals surface area (Å²) in [5.74, 6) is -2.84. The van der Waals surface area contributed by atoms with Crippen molar-refractivity contribution in [2.24, 2.45) is 5.92 Å². The molecule has 0 spiro atoms. The lowest BCUT2D eigenvalue weighted by Gasteiger charge is -2.31. The monoisotopic (exact) mass is 288 g/mol. The van der Waals surface area contributed by atoms with Crippen LogP contribution in [0.4, 0.5) is 17.6 Å². The molecule has 0 aromatic heterocycles. The molecule has 0 fully saturated rings. The van der Waals surface area contributed by atoms with Gasteiger partial charge in [0.25, 0.3) is 5.67 Å². The standard InChI is InChI=1S/C12H20F4O3/c1-3-9(2)11(13,12(14,15)16)10(18)6-4-5-7-19-8-17/h9,17H,3-8H2,1-2H3. The summed E-state index contributed by atoms with van der Waals surface area (Å²) < 4.78 is 57.0. The molecule has 19 heavy (non-hydrogen) atoms. The number of rotatable bonds is 9. The van der Waals surface area contributed by atoms with Crippen molar-refractivity contribution < 1.29 is 32.2 Å². The van der Waals surface area contributed by atoms with E-state index in [0.29, 0.717) is 6.42 Å². The summed E-state index contributed by atoms with van der Waals surface area (Å²) >= 11 is 0. The molecule has 114 valence electrons. The van der Waals surface area contributed by atoms with Gasteiger partial charge in [0.15, 0.2) is 5.78 Å². The molecule has 2 unspecified atom stereocenters. The van der Waals surface area contributed by atoms with Crippen LogP contribution in [0.15, 0.2) is 0 Å². The molecule has 0 saturated carbocycles. The maximum atomic E-state index is 14.1. The Balaban J connectivity index is 4.58. The number of halogens is 4. The van der Waals surface area contributed by atoms with Gasteiger partial charge >= 0.3 is 6.18 Å². The second-order valence-electron chi connectivity index (χ2n) is 4.44. The topological polar surface area (TPSA) is 46.5 Å². The second kappa shape index (κ2) is 7.79. The Labute approximate surface area is 109 Å². The normalized spacial score (nSPS) is 17.0. The second-order valence-corrected chi connectivity index (χ2v) is 4.44. The third-order valence-electron chi connectivity index (χ3n) is 3.14. The molecule has 0 radical (unpaired) electrons. The number of ketones is 1. The molecule has 3 nitrogen and oxygen atoms in total. The summed E-state index contributed by atoms with van der Waals surface area (Å²) in [6.45, 7) is 2.13. The zero-order valence-electron chi connectivity index (χ0n) is 11.1. The van der Waals surface area contributed by atoms with Gasteiger partial charge in [0.2, 0.25) is 0 Å². The average Bonchev–Trinajstić information content (AvgIpc) is 2.34. The van der Waals surface area contributed by atoms with Gasteiger partial charge in [0.1, 0.15) is 6.79 Å². The zero-order valence-corrected chi connectivity index (χ0v) is 11.1. The van der Waals surface area contributed by atoms with Crippen LogP contribution in [0.2, 0.25) is 0 Å². The lowest BCUT2D eigenvalue weighted by molar-refractivity contribution is -0.239. The van der Waals surface area contributed by atoms with Crippen LogP contribution in [0.25, 0.3) is 0 Å². The number of unbranched alkanes of at least 4 members (excludes halogenated alkanes) is 1. The van der Waals surface area contributed by atoms with E-state index in [1.165, 1.54) is 6.92 Å². The van der Waals surface area contributed by atoms with Crippen molar-refractivity contribution in [3.63, 3.8) is 0 Å². The molecule has 2 atom stereocenters. The summed E-state index contributed by atoms with van der Waals surface area (Å²) in [7, 11) is 0. The molecule has 0 aliphatic heterocycles. The fraction of sp³-hybridized carbons (Fsp3) is 0.917. The first-order valence-electron chi connectivity index (χ1n) is 6.19. The first-order chi connectivity index (χ1) is 8.71. The van der Waals surface area contributed by atoms with Crippen LogP contribution in [0.3, 0.4) is 0 Å². The average molecular weight is 288 g/mol. The Morgan fingerprint density at radius 3 is 2.26 bits per heavy atom. The molecule has 0 aromatic rings. The fourth-order valence-corrected chi connectivity index (χ4v) is 1.73. The number of Topliss-reactive ketones (excluding diaryl/α,β-unsaturated/α-hetero) is 1. The maximum Gasteiger partial charge on any atom is 0.429 e. The molecule has 0 aliphatic carbocycles. The lowest BCUT2D eigenvalue weighted by Crippen LogP contribution is -2.52. The molecule has 0 amide bonds. The maximum absolute atomic E-state index is 14.1. The van der Waals surface area contributed by atoms with Gasteiger partial charge in [-0.1, -0.05) is 13.8 Å². The highest BCUT2D eigenvalue weighted by atomic mass is 19.4. The third-order valence-corrected chi connectivity index (χ3v) is 3.14. The van der Waals surface area contributed by atoms with Crippen LogP contribution >= 0.6 is 0 Å². The van der Waals surface area contributed by atoms with Crippen molar-refractivity contribution in [1.29, 1.82) is 0 Å². The van der Waals surface area contributed by atoms with E-state index in [2.05, 4.69) is 4.74 Å². The van der Waals surface area contributed by atoms with E-state index in [9.17, 15) is 22.4 Å². The number of carbonyl (C=O) groups excluding carboxylic acids is 1. The van der Waals surface area contributed by atoms with Crippen LogP contribution in [0, 0.1) is 5.92 Å². The minimum Gasteiger partial charge on any atom is -0.371 e. The number of hydrogen-bond donors (Lipinski definition) is 1. The highest BCUT2D eigenvalue weighted by Gasteiger charge is 2.63. The van der Waals surface area contributed by atoms with Crippen molar-refractivity contribution >= 4 is 5.78 Å². The Hall–Kier alpha value is -0.690. The summed E-state index contributed by atoms with van der Waals surface area (Å²) in [6.07, 6.45) is -5.37. The summed E-state index contributed by atoms with van der Waals surface area (Å²) in [6, 6.07) is 0. The number of alkyl halides is 4. The molecule has 7 heteroatoms. The van der Waals surface area contributed by atoms with Crippen molar-refractivity contribution in [3.05, 3.63) is 0 Å². The van der Waals surface area contributed by atoms with Crippen LogP contribution in [-0.2, 0) is 9.53 Å². The number of carbonyl (C=O) groups is 1. The number of aliphatic hydroxyl groups excluding tert-OH is 1. The molecule has 0 heterocycles. The quantitative estimate of drug-likeness (QED) is 0.403. The third kappa shape index (κ3) is 4.72. The number of hydrogen-bond acceptors (Lipinski definition) is 3. The molecule has 0 saturated heterocycles. The van der Waals surface area contributed by atoms with E-state index in [1.807, 2.05) is 0 Å². The zero-order chi connectivity index (χ0) is 15.1. The van der Waals surface area contributed by atoms with Gasteiger partial charge in [-0.3, -0.25) is 4.79 Å².